The zero-order chi connectivity index (χ0) is 16.0. The van der Waals surface area contributed by atoms with E-state index in [0.29, 0.717) is 16.9 Å². The van der Waals surface area contributed by atoms with Gasteiger partial charge in [0.25, 0.3) is 0 Å². The van der Waals surface area contributed by atoms with Crippen LogP contribution in [0.4, 0.5) is 0 Å². The zero-order valence-electron chi connectivity index (χ0n) is 13.0. The van der Waals surface area contributed by atoms with Crippen molar-refractivity contribution in [3.63, 3.8) is 0 Å². The van der Waals surface area contributed by atoms with Crippen LogP contribution >= 0.6 is 0 Å². The molecule has 0 spiro atoms. The van der Waals surface area contributed by atoms with Crippen LogP contribution in [0, 0.1) is 0 Å². The molecule has 3 nitrogen and oxygen atoms in total. The lowest BCUT2D eigenvalue weighted by molar-refractivity contribution is 0.138. The van der Waals surface area contributed by atoms with Gasteiger partial charge in [-0.1, -0.05) is 42.5 Å². The van der Waals surface area contributed by atoms with Crippen LogP contribution in [0.1, 0.15) is 25.0 Å². The molecule has 114 valence electrons. The summed E-state index contributed by atoms with van der Waals surface area (Å²) in [7, 11) is 0. The van der Waals surface area contributed by atoms with Crippen molar-refractivity contribution < 1.29 is 9.15 Å². The quantitative estimate of drug-likeness (QED) is 0.621. The first-order valence-corrected chi connectivity index (χ1v) is 7.59. The van der Waals surface area contributed by atoms with E-state index in [0.717, 1.165) is 16.5 Å². The molecule has 0 fully saturated rings. The molecular weight excluding hydrogens is 288 g/mol. The van der Waals surface area contributed by atoms with Crippen molar-refractivity contribution in [1.82, 2.24) is 0 Å². The van der Waals surface area contributed by atoms with Gasteiger partial charge >= 0.3 is 5.63 Å². The number of benzene rings is 2. The molecule has 0 bridgehead atoms. The Morgan fingerprint density at radius 1 is 0.957 bits per heavy atom. The Labute approximate surface area is 133 Å². The maximum absolute atomic E-state index is 12.3. The predicted octanol–water partition coefficient (Wildman–Crippen LogP) is 4.50. The van der Waals surface area contributed by atoms with E-state index >= 15 is 0 Å². The number of ether oxygens (including phenoxy) is 1. The van der Waals surface area contributed by atoms with Gasteiger partial charge in [-0.25, -0.2) is 4.79 Å². The van der Waals surface area contributed by atoms with Crippen LogP contribution < -0.4 is 10.4 Å². The minimum absolute atomic E-state index is 0.359. The molecule has 23 heavy (non-hydrogen) atoms. The van der Waals surface area contributed by atoms with Crippen molar-refractivity contribution in [3.05, 3.63) is 82.2 Å². The first-order valence-electron chi connectivity index (χ1n) is 7.59. The first kappa shape index (κ1) is 13.8. The fraction of sp³-hybridized carbons (Fsp3) is 0.150. The van der Waals surface area contributed by atoms with Crippen molar-refractivity contribution in [3.8, 4) is 5.75 Å². The number of para-hydroxylation sites is 1. The summed E-state index contributed by atoms with van der Waals surface area (Å²) in [5, 5.41) is 0.816. The predicted molar refractivity (Wildman–Crippen MR) is 90.6 cm³/mol. The molecule has 4 rings (SSSR count). The number of hydrogen-bond donors (Lipinski definition) is 0. The normalized spacial score (nSPS) is 19.8. The molecule has 2 aromatic carbocycles. The van der Waals surface area contributed by atoms with Crippen LogP contribution in [0.2, 0.25) is 0 Å². The van der Waals surface area contributed by atoms with Crippen molar-refractivity contribution in [2.45, 2.75) is 19.4 Å². The van der Waals surface area contributed by atoms with Crippen molar-refractivity contribution in [1.29, 1.82) is 0 Å². The molecule has 3 aromatic rings. The molecule has 0 radical (unpaired) electrons. The summed E-state index contributed by atoms with van der Waals surface area (Å²) in [5.41, 5.74) is 2.00. The van der Waals surface area contributed by atoms with Gasteiger partial charge in [-0.2, -0.15) is 0 Å². The van der Waals surface area contributed by atoms with Crippen LogP contribution in [0.25, 0.3) is 16.5 Å². The summed E-state index contributed by atoms with van der Waals surface area (Å²) in [6.07, 6.45) is 1.98. The Morgan fingerprint density at radius 3 is 2.43 bits per heavy atom. The van der Waals surface area contributed by atoms with Crippen molar-refractivity contribution in [2.75, 3.05) is 0 Å². The highest BCUT2D eigenvalue weighted by Gasteiger charge is 2.34. The second kappa shape index (κ2) is 4.85. The molecular formula is C20H16O3. The highest BCUT2D eigenvalue weighted by molar-refractivity contribution is 5.90. The van der Waals surface area contributed by atoms with Crippen LogP contribution in [-0.2, 0) is 5.60 Å². The molecule has 1 unspecified atom stereocenters. The molecule has 1 aliphatic heterocycles. The average Bonchev–Trinajstić information content (AvgIpc) is 2.55. The number of allylic oxidation sites excluding steroid dienone is 1. The van der Waals surface area contributed by atoms with E-state index in [1.165, 1.54) is 0 Å². The molecule has 0 N–H and O–H groups in total. The molecule has 0 amide bonds. The molecule has 3 heteroatoms. The fourth-order valence-electron chi connectivity index (χ4n) is 3.21. The summed E-state index contributed by atoms with van der Waals surface area (Å²) in [5.74, 6) is 0.600. The van der Waals surface area contributed by atoms with Gasteiger partial charge in [0.15, 0.2) is 0 Å². The van der Waals surface area contributed by atoms with E-state index in [1.54, 1.807) is 6.07 Å². The third-order valence-electron chi connectivity index (χ3n) is 4.31. The Bertz CT molecular complexity index is 983. The summed E-state index contributed by atoms with van der Waals surface area (Å²) in [6.45, 7) is 3.94. The SMILES string of the molecule is CC1=CC(C)(c2ccccc2)Oc2c1c(=O)oc1ccccc21. The van der Waals surface area contributed by atoms with E-state index < -0.39 is 5.60 Å². The van der Waals surface area contributed by atoms with E-state index in [9.17, 15) is 4.79 Å². The zero-order valence-corrected chi connectivity index (χ0v) is 13.0. The minimum atomic E-state index is -0.616. The van der Waals surface area contributed by atoms with Crippen molar-refractivity contribution >= 4 is 16.5 Å². The van der Waals surface area contributed by atoms with Gasteiger partial charge in [0.2, 0.25) is 0 Å². The molecule has 1 aromatic heterocycles. The van der Waals surface area contributed by atoms with Crippen LogP contribution in [0.3, 0.4) is 0 Å². The van der Waals surface area contributed by atoms with Gasteiger partial charge in [-0.15, -0.1) is 0 Å². The maximum atomic E-state index is 12.3. The van der Waals surface area contributed by atoms with Gasteiger partial charge in [0.05, 0.1) is 5.39 Å². The standard InChI is InChI=1S/C20H16O3/c1-13-12-20(2,14-8-4-3-5-9-14)23-18-15-10-6-7-11-16(15)22-19(21)17(13)18/h3-12H,1-2H3. The summed E-state index contributed by atoms with van der Waals surface area (Å²) in [6, 6.07) is 17.5. The highest BCUT2D eigenvalue weighted by Crippen LogP contribution is 2.42. The van der Waals surface area contributed by atoms with Crippen molar-refractivity contribution in [2.24, 2.45) is 0 Å². The van der Waals surface area contributed by atoms with E-state index in [4.69, 9.17) is 9.15 Å². The lowest BCUT2D eigenvalue weighted by atomic mass is 9.89. The largest absolute Gasteiger partial charge is 0.477 e. The molecule has 1 atom stereocenters. The Balaban J connectivity index is 2.01. The van der Waals surface area contributed by atoms with Crippen LogP contribution in [0.15, 0.2) is 69.9 Å². The van der Waals surface area contributed by atoms with E-state index in [-0.39, 0.29) is 5.63 Å². The summed E-state index contributed by atoms with van der Waals surface area (Å²) in [4.78, 5) is 12.3. The van der Waals surface area contributed by atoms with Crippen LogP contribution in [-0.4, -0.2) is 0 Å². The van der Waals surface area contributed by atoms with Gasteiger partial charge in [-0.05, 0) is 43.2 Å². The molecule has 2 heterocycles. The lowest BCUT2D eigenvalue weighted by Crippen LogP contribution is -2.31. The minimum Gasteiger partial charge on any atom is -0.477 e. The monoisotopic (exact) mass is 304 g/mol. The van der Waals surface area contributed by atoms with Gasteiger partial charge in [-0.3, -0.25) is 0 Å². The Kier molecular flexibility index (Phi) is 2.91. The molecule has 1 aliphatic rings. The van der Waals surface area contributed by atoms with Gasteiger partial charge in [0.1, 0.15) is 22.5 Å². The second-order valence-corrected chi connectivity index (χ2v) is 5.99. The average molecular weight is 304 g/mol. The topological polar surface area (TPSA) is 39.4 Å². The van der Waals surface area contributed by atoms with E-state index in [2.05, 4.69) is 0 Å². The van der Waals surface area contributed by atoms with Gasteiger partial charge < -0.3 is 9.15 Å². The van der Waals surface area contributed by atoms with Crippen LogP contribution in [0.5, 0.6) is 5.75 Å². The fourth-order valence-corrected chi connectivity index (χ4v) is 3.21. The maximum Gasteiger partial charge on any atom is 0.347 e. The highest BCUT2D eigenvalue weighted by atomic mass is 16.5. The Hall–Kier alpha value is -2.81. The second-order valence-electron chi connectivity index (χ2n) is 5.99. The third kappa shape index (κ3) is 2.08. The smallest absolute Gasteiger partial charge is 0.347 e. The summed E-state index contributed by atoms with van der Waals surface area (Å²) < 4.78 is 11.8. The summed E-state index contributed by atoms with van der Waals surface area (Å²) >= 11 is 0. The Morgan fingerprint density at radius 2 is 1.65 bits per heavy atom. The number of rotatable bonds is 1. The third-order valence-corrected chi connectivity index (χ3v) is 4.31. The first-order chi connectivity index (χ1) is 11.1. The molecule has 0 saturated carbocycles. The number of hydrogen-bond acceptors (Lipinski definition) is 3. The van der Waals surface area contributed by atoms with E-state index in [1.807, 2.05) is 68.5 Å². The molecule has 0 aliphatic carbocycles. The van der Waals surface area contributed by atoms with Gasteiger partial charge in [0, 0.05) is 0 Å². The molecule has 0 saturated heterocycles. The lowest BCUT2D eigenvalue weighted by Gasteiger charge is -2.33. The number of fused-ring (bicyclic) bond motifs is 3.